The smallest absolute Gasteiger partial charge is 0.211 e. The van der Waals surface area contributed by atoms with Crippen LogP contribution in [-0.2, 0) is 4.79 Å². The summed E-state index contributed by atoms with van der Waals surface area (Å²) in [4.78, 5) is 10.7. The van der Waals surface area contributed by atoms with Crippen LogP contribution in [0.4, 0.5) is 5.69 Å². The molecule has 0 saturated carbocycles. The van der Waals surface area contributed by atoms with E-state index in [1.165, 1.54) is 0 Å². The first kappa shape index (κ1) is 15.4. The van der Waals surface area contributed by atoms with E-state index >= 15 is 0 Å². The van der Waals surface area contributed by atoms with Crippen LogP contribution >= 0.6 is 23.2 Å². The Balaban J connectivity index is 2.21. The summed E-state index contributed by atoms with van der Waals surface area (Å²) in [5, 5.41) is 7.09. The van der Waals surface area contributed by atoms with Crippen LogP contribution in [0.1, 0.15) is 12.0 Å². The second-order valence-electron chi connectivity index (χ2n) is 4.37. The van der Waals surface area contributed by atoms with Crippen molar-refractivity contribution >= 4 is 41.0 Å². The number of allylic oxidation sites excluding steroid dienone is 5. The molecule has 0 radical (unpaired) electrons. The number of hydrogen-bond donors (Lipinski definition) is 2. The maximum Gasteiger partial charge on any atom is 0.211 e. The van der Waals surface area contributed by atoms with Crippen molar-refractivity contribution in [2.45, 2.75) is 6.42 Å². The molecule has 0 heterocycles. The Morgan fingerprint density at radius 3 is 2.81 bits per heavy atom. The van der Waals surface area contributed by atoms with Crippen LogP contribution in [0, 0.1) is 0 Å². The van der Waals surface area contributed by atoms with E-state index in [9.17, 15) is 4.79 Å². The zero-order valence-corrected chi connectivity index (χ0v) is 12.7. The number of amides is 1. The van der Waals surface area contributed by atoms with Gasteiger partial charge in [-0.1, -0.05) is 41.9 Å². The van der Waals surface area contributed by atoms with Crippen molar-refractivity contribution in [3.05, 3.63) is 70.4 Å². The Morgan fingerprint density at radius 2 is 2.05 bits per heavy atom. The topological polar surface area (TPSA) is 41.1 Å². The number of rotatable bonds is 5. The second-order valence-corrected chi connectivity index (χ2v) is 5.25. The minimum Gasteiger partial charge on any atom is -0.356 e. The predicted octanol–water partition coefficient (Wildman–Crippen LogP) is 4.44. The number of halogens is 2. The van der Waals surface area contributed by atoms with Crippen molar-refractivity contribution in [2.75, 3.05) is 5.32 Å². The van der Waals surface area contributed by atoms with E-state index < -0.39 is 0 Å². The largest absolute Gasteiger partial charge is 0.356 e. The van der Waals surface area contributed by atoms with Crippen LogP contribution < -0.4 is 10.6 Å². The Labute approximate surface area is 133 Å². The lowest BCUT2D eigenvalue weighted by Crippen LogP contribution is -2.11. The maximum atomic E-state index is 10.7. The monoisotopic (exact) mass is 320 g/mol. The molecule has 1 amide bonds. The molecule has 0 unspecified atom stereocenters. The van der Waals surface area contributed by atoms with E-state index in [1.54, 1.807) is 18.2 Å². The van der Waals surface area contributed by atoms with Crippen molar-refractivity contribution < 1.29 is 4.79 Å². The van der Waals surface area contributed by atoms with Crippen LogP contribution in [-0.4, -0.2) is 6.41 Å². The van der Waals surface area contributed by atoms with E-state index in [-0.39, 0.29) is 0 Å². The normalized spacial score (nSPS) is 13.8. The van der Waals surface area contributed by atoms with Crippen molar-refractivity contribution in [3.8, 4) is 0 Å². The molecule has 0 aliphatic heterocycles. The van der Waals surface area contributed by atoms with Gasteiger partial charge in [0.2, 0.25) is 6.41 Å². The van der Waals surface area contributed by atoms with Crippen molar-refractivity contribution in [3.63, 3.8) is 0 Å². The lowest BCUT2D eigenvalue weighted by atomic mass is 10.1. The highest BCUT2D eigenvalue weighted by molar-refractivity contribution is 6.31. The molecule has 5 heteroatoms. The quantitative estimate of drug-likeness (QED) is 0.788. The molecular formula is C16H14Cl2N2O. The molecule has 0 aromatic heterocycles. The third-order valence-corrected chi connectivity index (χ3v) is 3.40. The fourth-order valence-corrected chi connectivity index (χ4v) is 2.22. The van der Waals surface area contributed by atoms with E-state index in [4.69, 9.17) is 23.2 Å². The molecule has 108 valence electrons. The average molecular weight is 321 g/mol. The standard InChI is InChI=1S/C16H14Cl2N2O/c1-11(20-14-4-2-3-12(17)5-7-14)15-9-13(18)6-8-16(15)19-10-21/h3-10,20H,1-2H2,(H,19,21). The van der Waals surface area contributed by atoms with Gasteiger partial charge in [-0.3, -0.25) is 4.79 Å². The molecule has 0 fully saturated rings. The highest BCUT2D eigenvalue weighted by atomic mass is 35.5. The van der Waals surface area contributed by atoms with Gasteiger partial charge >= 0.3 is 0 Å². The van der Waals surface area contributed by atoms with Gasteiger partial charge in [-0.25, -0.2) is 0 Å². The number of nitrogens with one attached hydrogen (secondary N) is 2. The molecule has 3 nitrogen and oxygen atoms in total. The number of hydrogen-bond acceptors (Lipinski definition) is 2. The summed E-state index contributed by atoms with van der Waals surface area (Å²) in [6.45, 7) is 4.00. The van der Waals surface area contributed by atoms with Crippen LogP contribution in [0.5, 0.6) is 0 Å². The van der Waals surface area contributed by atoms with E-state index in [0.29, 0.717) is 27.8 Å². The summed E-state index contributed by atoms with van der Waals surface area (Å²) >= 11 is 12.0. The molecular weight excluding hydrogens is 307 g/mol. The predicted molar refractivity (Wildman–Crippen MR) is 89.1 cm³/mol. The number of carbonyl (C=O) groups is 1. The van der Waals surface area contributed by atoms with Gasteiger partial charge < -0.3 is 10.6 Å². The molecule has 21 heavy (non-hydrogen) atoms. The second kappa shape index (κ2) is 7.16. The van der Waals surface area contributed by atoms with E-state index in [0.717, 1.165) is 17.7 Å². The molecule has 0 saturated heterocycles. The lowest BCUT2D eigenvalue weighted by molar-refractivity contribution is -0.105. The summed E-state index contributed by atoms with van der Waals surface area (Å²) in [6.07, 6.45) is 8.94. The minimum atomic E-state index is 0.569. The SMILES string of the molecule is C=C(NC1=CCC=C(Cl)C=C1)c1cc(Cl)ccc1NC=O. The fourth-order valence-electron chi connectivity index (χ4n) is 1.89. The van der Waals surface area contributed by atoms with Gasteiger partial charge in [-0.2, -0.15) is 0 Å². The summed E-state index contributed by atoms with van der Waals surface area (Å²) in [6, 6.07) is 5.18. The number of anilines is 1. The zero-order valence-electron chi connectivity index (χ0n) is 11.2. The Kier molecular flexibility index (Phi) is 5.26. The molecule has 1 aromatic carbocycles. The lowest BCUT2D eigenvalue weighted by Gasteiger charge is -2.14. The first-order valence-electron chi connectivity index (χ1n) is 6.30. The fraction of sp³-hybridized carbons (Fsp3) is 0.0625. The van der Waals surface area contributed by atoms with Gasteiger partial charge in [-0.05, 0) is 36.8 Å². The average Bonchev–Trinajstić information content (AvgIpc) is 2.66. The molecule has 1 aliphatic carbocycles. The van der Waals surface area contributed by atoms with E-state index in [1.807, 2.05) is 24.3 Å². The molecule has 1 aliphatic rings. The Hall–Kier alpha value is -1.97. The first-order valence-corrected chi connectivity index (χ1v) is 7.05. The molecule has 0 spiro atoms. The highest BCUT2D eigenvalue weighted by Gasteiger charge is 2.08. The first-order chi connectivity index (χ1) is 10.1. The van der Waals surface area contributed by atoms with Crippen molar-refractivity contribution in [2.24, 2.45) is 0 Å². The molecule has 0 bridgehead atoms. The zero-order chi connectivity index (χ0) is 15.2. The minimum absolute atomic E-state index is 0.569. The Bertz CT molecular complexity index is 660. The number of carbonyl (C=O) groups excluding carboxylic acids is 1. The summed E-state index contributed by atoms with van der Waals surface area (Å²) < 4.78 is 0. The third-order valence-electron chi connectivity index (χ3n) is 2.89. The third kappa shape index (κ3) is 4.25. The molecule has 2 N–H and O–H groups in total. The van der Waals surface area contributed by atoms with Crippen molar-refractivity contribution in [1.29, 1.82) is 0 Å². The molecule has 2 rings (SSSR count). The molecule has 1 aromatic rings. The van der Waals surface area contributed by atoms with Gasteiger partial charge in [0.1, 0.15) is 0 Å². The summed E-state index contributed by atoms with van der Waals surface area (Å²) in [7, 11) is 0. The highest BCUT2D eigenvalue weighted by Crippen LogP contribution is 2.26. The molecule has 0 atom stereocenters. The van der Waals surface area contributed by atoms with Gasteiger partial charge in [0.05, 0.1) is 0 Å². The summed E-state index contributed by atoms with van der Waals surface area (Å²) in [5.74, 6) is 0. The number of benzene rings is 1. The van der Waals surface area contributed by atoms with Crippen LogP contribution in [0.25, 0.3) is 5.70 Å². The van der Waals surface area contributed by atoms with Crippen LogP contribution in [0.3, 0.4) is 0 Å². The van der Waals surface area contributed by atoms with Crippen LogP contribution in [0.15, 0.2) is 59.8 Å². The van der Waals surface area contributed by atoms with Gasteiger partial charge in [0.15, 0.2) is 0 Å². The van der Waals surface area contributed by atoms with Gasteiger partial charge in [-0.15, -0.1) is 0 Å². The van der Waals surface area contributed by atoms with Gasteiger partial charge in [0.25, 0.3) is 0 Å². The van der Waals surface area contributed by atoms with Crippen LogP contribution in [0.2, 0.25) is 5.02 Å². The van der Waals surface area contributed by atoms with Crippen molar-refractivity contribution in [1.82, 2.24) is 5.32 Å². The Morgan fingerprint density at radius 1 is 1.24 bits per heavy atom. The van der Waals surface area contributed by atoms with E-state index in [2.05, 4.69) is 17.2 Å². The maximum absolute atomic E-state index is 10.7. The van der Waals surface area contributed by atoms with Gasteiger partial charge in [0, 0.05) is 32.7 Å². The summed E-state index contributed by atoms with van der Waals surface area (Å²) in [5.41, 5.74) is 2.88.